The topological polar surface area (TPSA) is 101 Å². The van der Waals surface area contributed by atoms with E-state index in [1.807, 2.05) is 19.2 Å². The summed E-state index contributed by atoms with van der Waals surface area (Å²) in [4.78, 5) is 19.9. The maximum atomic E-state index is 13.0. The van der Waals surface area contributed by atoms with Crippen molar-refractivity contribution in [1.29, 1.82) is 0 Å². The van der Waals surface area contributed by atoms with Gasteiger partial charge in [-0.2, -0.15) is 18.3 Å². The largest absolute Gasteiger partial charge is 0.416 e. The molecule has 2 amide bonds. The Balaban J connectivity index is 1.40. The quantitative estimate of drug-likeness (QED) is 0.240. The molecule has 4 N–H and O–H groups in total. The number of amides is 2. The minimum absolute atomic E-state index is 0.00298. The molecule has 8 nitrogen and oxygen atoms in total. The van der Waals surface area contributed by atoms with E-state index in [1.165, 1.54) is 12.1 Å². The van der Waals surface area contributed by atoms with Crippen molar-refractivity contribution >= 4 is 34.3 Å². The third-order valence-corrected chi connectivity index (χ3v) is 7.54. The molecule has 11 heteroatoms. The van der Waals surface area contributed by atoms with Gasteiger partial charge in [0.05, 0.1) is 16.6 Å². The van der Waals surface area contributed by atoms with Gasteiger partial charge < -0.3 is 21.3 Å². The van der Waals surface area contributed by atoms with Gasteiger partial charge in [-0.1, -0.05) is 32.0 Å². The molecular formula is C29H32F3N7O. The Labute approximate surface area is 230 Å². The number of aromatic nitrogens is 3. The summed E-state index contributed by atoms with van der Waals surface area (Å²) in [6.45, 7) is 7.22. The number of benzene rings is 2. The van der Waals surface area contributed by atoms with E-state index in [0.29, 0.717) is 11.5 Å². The van der Waals surface area contributed by atoms with Crippen LogP contribution in [0.4, 0.5) is 35.2 Å². The number of hydrogen-bond acceptors (Lipinski definition) is 5. The summed E-state index contributed by atoms with van der Waals surface area (Å²) in [5.41, 5.74) is 9.53. The first-order chi connectivity index (χ1) is 19.0. The van der Waals surface area contributed by atoms with Gasteiger partial charge in [0.25, 0.3) is 0 Å². The van der Waals surface area contributed by atoms with Crippen molar-refractivity contribution < 1.29 is 18.0 Å². The molecule has 0 bridgehead atoms. The first kappa shape index (κ1) is 27.4. The monoisotopic (exact) mass is 551 g/mol. The zero-order chi connectivity index (χ0) is 28.7. The Kier molecular flexibility index (Phi) is 7.17. The molecule has 1 saturated carbocycles. The average Bonchev–Trinajstić information content (AvgIpc) is 3.65. The van der Waals surface area contributed by atoms with Crippen LogP contribution in [0.25, 0.3) is 22.2 Å². The number of aryl methyl sites for hydroxylation is 1. The second-order valence-corrected chi connectivity index (χ2v) is 10.2. The van der Waals surface area contributed by atoms with E-state index >= 15 is 0 Å². The van der Waals surface area contributed by atoms with E-state index in [9.17, 15) is 18.0 Å². The first-order valence-electron chi connectivity index (χ1n) is 13.2. The number of urea groups is 1. The molecule has 4 aromatic rings. The van der Waals surface area contributed by atoms with Crippen LogP contribution in [-0.2, 0) is 18.6 Å². The van der Waals surface area contributed by atoms with Crippen LogP contribution in [-0.4, -0.2) is 45.3 Å². The van der Waals surface area contributed by atoms with Crippen molar-refractivity contribution in [3.63, 3.8) is 0 Å². The molecule has 0 radical (unpaired) electrons. The van der Waals surface area contributed by atoms with Crippen LogP contribution in [0.1, 0.15) is 37.9 Å². The van der Waals surface area contributed by atoms with Crippen LogP contribution in [0, 0.1) is 0 Å². The van der Waals surface area contributed by atoms with Crippen molar-refractivity contribution in [2.24, 2.45) is 7.05 Å². The third-order valence-electron chi connectivity index (χ3n) is 7.54. The standard InChI is InChI=1S/C29H32F3N7O/c1-4-39(5-2)17-28(13-14-28)23-16-22(24-25(33)37-38(3)26(24)36-23)18-9-11-20(12-10-18)34-27(40)35-21-8-6-7-19(15-21)29(30,31)32/h6-12,15-16H,4-5,13-14,17H2,1-3H3,(H2,33,37)(H2,34,35,40). The van der Waals surface area contributed by atoms with E-state index in [2.05, 4.69) is 40.5 Å². The lowest BCUT2D eigenvalue weighted by Crippen LogP contribution is -2.32. The lowest BCUT2D eigenvalue weighted by atomic mass is 9.95. The molecule has 0 unspecified atom stereocenters. The fraction of sp³-hybridized carbons (Fsp3) is 0.345. The summed E-state index contributed by atoms with van der Waals surface area (Å²) in [5.74, 6) is 0.391. The second kappa shape index (κ2) is 10.5. The van der Waals surface area contributed by atoms with Gasteiger partial charge in [0, 0.05) is 30.4 Å². The van der Waals surface area contributed by atoms with Gasteiger partial charge in [0.15, 0.2) is 11.5 Å². The molecular weight excluding hydrogens is 519 g/mol. The number of carbonyl (C=O) groups excluding carboxylic acids is 1. The van der Waals surface area contributed by atoms with Gasteiger partial charge in [-0.05, 0) is 73.5 Å². The Bertz CT molecular complexity index is 1540. The number of pyridine rings is 1. The van der Waals surface area contributed by atoms with E-state index in [0.717, 1.165) is 72.5 Å². The number of rotatable bonds is 8. The fourth-order valence-electron chi connectivity index (χ4n) is 5.10. The Morgan fingerprint density at radius 2 is 1.73 bits per heavy atom. The maximum absolute atomic E-state index is 13.0. The molecule has 5 rings (SSSR count). The van der Waals surface area contributed by atoms with Gasteiger partial charge >= 0.3 is 12.2 Å². The normalized spacial score (nSPS) is 14.5. The smallest absolute Gasteiger partial charge is 0.382 e. The number of nitrogens with zero attached hydrogens (tertiary/aromatic N) is 4. The third kappa shape index (κ3) is 5.46. The highest BCUT2D eigenvalue weighted by Crippen LogP contribution is 2.49. The lowest BCUT2D eigenvalue weighted by Gasteiger charge is -2.25. The first-order valence-corrected chi connectivity index (χ1v) is 13.2. The molecule has 0 aliphatic heterocycles. The zero-order valence-corrected chi connectivity index (χ0v) is 22.6. The Morgan fingerprint density at radius 1 is 1.05 bits per heavy atom. The summed E-state index contributed by atoms with van der Waals surface area (Å²) in [5, 5.41) is 10.3. The minimum atomic E-state index is -4.50. The number of carbonyl (C=O) groups is 1. The van der Waals surface area contributed by atoms with Crippen molar-refractivity contribution in [2.45, 2.75) is 38.3 Å². The summed E-state index contributed by atoms with van der Waals surface area (Å²) in [6.07, 6.45) is -2.36. The number of hydrogen-bond donors (Lipinski definition) is 3. The number of nitrogen functional groups attached to an aromatic ring is 1. The number of halogens is 3. The molecule has 2 heterocycles. The predicted octanol–water partition coefficient (Wildman–Crippen LogP) is 6.25. The zero-order valence-electron chi connectivity index (χ0n) is 22.6. The van der Waals surface area contributed by atoms with Gasteiger partial charge in [-0.15, -0.1) is 0 Å². The number of likely N-dealkylation sites (N-methyl/N-ethyl adjacent to an activating group) is 1. The SMILES string of the molecule is CCN(CC)CC1(c2cc(-c3ccc(NC(=O)Nc4cccc(C(F)(F)F)c4)cc3)c3c(N)nn(C)c3n2)CC1. The number of nitrogens with one attached hydrogen (secondary N) is 2. The lowest BCUT2D eigenvalue weighted by molar-refractivity contribution is -0.137. The number of fused-ring (bicyclic) bond motifs is 1. The van der Waals surface area contributed by atoms with E-state index in [4.69, 9.17) is 10.7 Å². The van der Waals surface area contributed by atoms with Crippen molar-refractivity contribution in [3.8, 4) is 11.1 Å². The van der Waals surface area contributed by atoms with Gasteiger partial charge in [-0.3, -0.25) is 0 Å². The van der Waals surface area contributed by atoms with Crippen molar-refractivity contribution in [2.75, 3.05) is 36.0 Å². The molecule has 40 heavy (non-hydrogen) atoms. The van der Waals surface area contributed by atoms with Gasteiger partial charge in [0.1, 0.15) is 0 Å². The Morgan fingerprint density at radius 3 is 2.35 bits per heavy atom. The highest BCUT2D eigenvalue weighted by Gasteiger charge is 2.47. The van der Waals surface area contributed by atoms with Crippen LogP contribution in [0.3, 0.4) is 0 Å². The molecule has 0 spiro atoms. The number of nitrogens with two attached hydrogens (primary N) is 1. The van der Waals surface area contributed by atoms with E-state index in [-0.39, 0.29) is 11.1 Å². The molecule has 0 atom stereocenters. The second-order valence-electron chi connectivity index (χ2n) is 10.2. The maximum Gasteiger partial charge on any atom is 0.416 e. The van der Waals surface area contributed by atoms with E-state index < -0.39 is 17.8 Å². The van der Waals surface area contributed by atoms with Crippen LogP contribution >= 0.6 is 0 Å². The van der Waals surface area contributed by atoms with Crippen LogP contribution in [0.2, 0.25) is 0 Å². The summed E-state index contributed by atoms with van der Waals surface area (Å²) in [7, 11) is 1.83. The summed E-state index contributed by atoms with van der Waals surface area (Å²) in [6, 6.07) is 13.2. The highest BCUT2D eigenvalue weighted by molar-refractivity contribution is 6.02. The Hall–Kier alpha value is -4.12. The molecule has 1 fully saturated rings. The van der Waals surface area contributed by atoms with Crippen molar-refractivity contribution in [1.82, 2.24) is 19.7 Å². The molecule has 2 aromatic carbocycles. The molecule has 1 aliphatic rings. The van der Waals surface area contributed by atoms with Crippen LogP contribution in [0.15, 0.2) is 54.6 Å². The fourth-order valence-corrected chi connectivity index (χ4v) is 5.10. The summed E-state index contributed by atoms with van der Waals surface area (Å²) < 4.78 is 40.7. The van der Waals surface area contributed by atoms with Crippen LogP contribution in [0.5, 0.6) is 0 Å². The molecule has 2 aromatic heterocycles. The van der Waals surface area contributed by atoms with E-state index in [1.54, 1.807) is 16.8 Å². The highest BCUT2D eigenvalue weighted by atomic mass is 19.4. The average molecular weight is 552 g/mol. The summed E-state index contributed by atoms with van der Waals surface area (Å²) >= 11 is 0. The predicted molar refractivity (Wildman–Crippen MR) is 151 cm³/mol. The molecule has 210 valence electrons. The van der Waals surface area contributed by atoms with Crippen LogP contribution < -0.4 is 16.4 Å². The molecule has 1 aliphatic carbocycles. The number of alkyl halides is 3. The number of anilines is 3. The van der Waals surface area contributed by atoms with Crippen molar-refractivity contribution in [3.05, 3.63) is 65.9 Å². The van der Waals surface area contributed by atoms with Gasteiger partial charge in [-0.25, -0.2) is 14.5 Å². The van der Waals surface area contributed by atoms with Gasteiger partial charge in [0.2, 0.25) is 0 Å². The molecule has 0 saturated heterocycles. The minimum Gasteiger partial charge on any atom is -0.382 e.